The fraction of sp³-hybridized carbons (Fsp3) is 0.750. The summed E-state index contributed by atoms with van der Waals surface area (Å²) in [7, 11) is 0. The smallest absolute Gasteiger partial charge is 0.336 e. The number of aliphatic hydroxyl groups is 1. The minimum Gasteiger partial charge on any atom is -0.458 e. The quantitative estimate of drug-likeness (QED) is 0.503. The number of allylic oxidation sites excluding steroid dienone is 1. The van der Waals surface area contributed by atoms with Crippen LogP contribution >= 0.6 is 0 Å². The van der Waals surface area contributed by atoms with Crippen LogP contribution in [0.1, 0.15) is 66.2 Å². The van der Waals surface area contributed by atoms with Crippen molar-refractivity contribution < 1.29 is 29.0 Å². The van der Waals surface area contributed by atoms with Gasteiger partial charge in [-0.3, -0.25) is 9.59 Å². The van der Waals surface area contributed by atoms with Crippen LogP contribution in [0.3, 0.4) is 0 Å². The van der Waals surface area contributed by atoms with E-state index in [1.54, 1.807) is 0 Å². The Morgan fingerprint density at radius 3 is 2.53 bits per heavy atom. The molecule has 6 aliphatic rings. The molecule has 0 radical (unpaired) electrons. The number of fused-ring (bicyclic) bond motifs is 4. The molecule has 0 bridgehead atoms. The number of ether oxygens (including phenoxy) is 2. The average Bonchev–Trinajstić information content (AvgIpc) is 3.43. The van der Waals surface area contributed by atoms with Crippen LogP contribution in [0, 0.1) is 40.4 Å². The lowest BCUT2D eigenvalue weighted by atomic mass is 9.44. The normalized spacial score (nSPS) is 50.2. The Morgan fingerprint density at radius 2 is 1.82 bits per heavy atom. The SMILES string of the molecule is CC1=C(CO)C(=O)OC([C@@H](C)C2CC[C@H]3C4C[C@H]5O[C@]56C(=O)C=CC(=O)[C@]6(C)C4CC[C@]23C)C1. The van der Waals surface area contributed by atoms with Gasteiger partial charge in [0.2, 0.25) is 0 Å². The molecule has 2 aliphatic heterocycles. The van der Waals surface area contributed by atoms with E-state index < -0.39 is 11.0 Å². The number of rotatable bonds is 3. The van der Waals surface area contributed by atoms with E-state index in [1.807, 2.05) is 13.8 Å². The molecule has 1 saturated heterocycles. The van der Waals surface area contributed by atoms with E-state index in [4.69, 9.17) is 9.47 Å². The number of aliphatic hydroxyl groups excluding tert-OH is 1. The second-order valence-corrected chi connectivity index (χ2v) is 12.4. The lowest BCUT2D eigenvalue weighted by Gasteiger charge is -2.57. The molecule has 4 fully saturated rings. The first kappa shape index (κ1) is 22.7. The predicted molar refractivity (Wildman–Crippen MR) is 123 cm³/mol. The van der Waals surface area contributed by atoms with Crippen LogP contribution in [-0.4, -0.2) is 47.1 Å². The number of cyclic esters (lactones) is 1. The second kappa shape index (κ2) is 7.13. The molecule has 6 nitrogen and oxygen atoms in total. The molecule has 1 N–H and O–H groups in total. The van der Waals surface area contributed by atoms with E-state index in [0.29, 0.717) is 29.7 Å². The summed E-state index contributed by atoms with van der Waals surface area (Å²) in [5, 5.41) is 9.52. The van der Waals surface area contributed by atoms with Crippen molar-refractivity contribution in [1.29, 1.82) is 0 Å². The van der Waals surface area contributed by atoms with Gasteiger partial charge in [0.25, 0.3) is 0 Å². The molecule has 6 heteroatoms. The number of hydrogen-bond acceptors (Lipinski definition) is 6. The van der Waals surface area contributed by atoms with Gasteiger partial charge in [0.05, 0.1) is 23.7 Å². The highest BCUT2D eigenvalue weighted by molar-refractivity contribution is 6.15. The van der Waals surface area contributed by atoms with Crippen LogP contribution in [0.25, 0.3) is 0 Å². The Bertz CT molecular complexity index is 1040. The molecule has 184 valence electrons. The molecule has 10 atom stereocenters. The molecular weight excluding hydrogens is 432 g/mol. The molecule has 0 amide bonds. The molecule has 6 rings (SSSR count). The van der Waals surface area contributed by atoms with E-state index in [9.17, 15) is 19.5 Å². The van der Waals surface area contributed by atoms with E-state index in [0.717, 1.165) is 37.7 Å². The maximum Gasteiger partial charge on any atom is 0.336 e. The second-order valence-electron chi connectivity index (χ2n) is 12.4. The van der Waals surface area contributed by atoms with Crippen LogP contribution in [0.2, 0.25) is 0 Å². The topological polar surface area (TPSA) is 93.2 Å². The third-order valence-electron chi connectivity index (χ3n) is 11.4. The maximum atomic E-state index is 13.3. The van der Waals surface area contributed by atoms with Crippen molar-refractivity contribution >= 4 is 17.5 Å². The number of carbonyl (C=O) groups excluding carboxylic acids is 3. The zero-order chi connectivity index (χ0) is 24.2. The highest BCUT2D eigenvalue weighted by atomic mass is 16.6. The largest absolute Gasteiger partial charge is 0.458 e. The summed E-state index contributed by atoms with van der Waals surface area (Å²) < 4.78 is 12.0. The first-order chi connectivity index (χ1) is 16.1. The molecule has 34 heavy (non-hydrogen) atoms. The molecular formula is C28H36O6. The number of hydrogen-bond donors (Lipinski definition) is 1. The third-order valence-corrected chi connectivity index (χ3v) is 11.4. The van der Waals surface area contributed by atoms with Crippen molar-refractivity contribution in [2.75, 3.05) is 6.61 Å². The van der Waals surface area contributed by atoms with Crippen molar-refractivity contribution in [1.82, 2.24) is 0 Å². The van der Waals surface area contributed by atoms with Gasteiger partial charge in [-0.25, -0.2) is 4.79 Å². The Morgan fingerprint density at radius 1 is 1.09 bits per heavy atom. The van der Waals surface area contributed by atoms with Gasteiger partial charge in [-0.2, -0.15) is 0 Å². The zero-order valence-electron chi connectivity index (χ0n) is 20.6. The molecule has 0 aromatic rings. The Kier molecular flexibility index (Phi) is 4.75. The van der Waals surface area contributed by atoms with Gasteiger partial charge in [-0.15, -0.1) is 0 Å². The van der Waals surface area contributed by atoms with Crippen molar-refractivity contribution in [2.45, 2.75) is 84.0 Å². The first-order valence-corrected chi connectivity index (χ1v) is 13.0. The highest BCUT2D eigenvalue weighted by Gasteiger charge is 2.80. The summed E-state index contributed by atoms with van der Waals surface area (Å²) in [5.41, 5.74) is -0.202. The van der Waals surface area contributed by atoms with E-state index in [-0.39, 0.29) is 53.6 Å². The standard InChI is InChI=1S/C28H36O6/c1-14-11-21(33-25(32)17(14)13-29)15(2)18-5-6-19-16-12-24-28(34-24)23(31)8-7-22(30)27(28,4)20(16)9-10-26(18,19)3/h7-8,15-16,18-21,24,29H,5-6,9-13H2,1-4H3/t15-,16?,18?,19-,20?,21?,24+,26+,27-,28+/m0/s1. The molecule has 0 aromatic heterocycles. The molecule has 1 spiro atoms. The molecule has 2 heterocycles. The van der Waals surface area contributed by atoms with Crippen molar-refractivity contribution in [2.24, 2.45) is 40.4 Å². The van der Waals surface area contributed by atoms with Crippen LogP contribution in [-0.2, 0) is 23.9 Å². The number of carbonyl (C=O) groups is 3. The highest BCUT2D eigenvalue weighted by Crippen LogP contribution is 2.72. The molecule has 0 aromatic carbocycles. The van der Waals surface area contributed by atoms with Crippen molar-refractivity contribution in [3.05, 3.63) is 23.3 Å². The van der Waals surface area contributed by atoms with Gasteiger partial charge >= 0.3 is 5.97 Å². The van der Waals surface area contributed by atoms with Crippen LogP contribution in [0.4, 0.5) is 0 Å². The van der Waals surface area contributed by atoms with E-state index >= 15 is 0 Å². The first-order valence-electron chi connectivity index (χ1n) is 13.0. The Hall–Kier alpha value is -1.79. The van der Waals surface area contributed by atoms with Gasteiger partial charge in [0.15, 0.2) is 17.2 Å². The van der Waals surface area contributed by atoms with Gasteiger partial charge in [-0.1, -0.05) is 19.4 Å². The summed E-state index contributed by atoms with van der Waals surface area (Å²) >= 11 is 0. The number of epoxide rings is 1. The van der Waals surface area contributed by atoms with Crippen LogP contribution in [0.5, 0.6) is 0 Å². The fourth-order valence-electron chi connectivity index (χ4n) is 9.51. The van der Waals surface area contributed by atoms with E-state index in [1.165, 1.54) is 12.2 Å². The number of esters is 1. The summed E-state index contributed by atoms with van der Waals surface area (Å²) in [4.78, 5) is 38.6. The van der Waals surface area contributed by atoms with Gasteiger partial charge in [-0.05, 0) is 93.1 Å². The monoisotopic (exact) mass is 468 g/mol. The summed E-state index contributed by atoms with van der Waals surface area (Å²) in [6.45, 7) is 8.31. The molecule has 4 unspecified atom stereocenters. The predicted octanol–water partition coefficient (Wildman–Crippen LogP) is 3.56. The van der Waals surface area contributed by atoms with Crippen LogP contribution in [0.15, 0.2) is 23.3 Å². The summed E-state index contributed by atoms with van der Waals surface area (Å²) in [6.07, 6.45) is 8.35. The minimum atomic E-state index is -0.913. The summed E-state index contributed by atoms with van der Waals surface area (Å²) in [6, 6.07) is 0. The minimum absolute atomic E-state index is 0.0194. The number of ketones is 2. The van der Waals surface area contributed by atoms with E-state index in [2.05, 4.69) is 13.8 Å². The van der Waals surface area contributed by atoms with Gasteiger partial charge < -0.3 is 14.6 Å². The van der Waals surface area contributed by atoms with Crippen LogP contribution < -0.4 is 0 Å². The fourth-order valence-corrected chi connectivity index (χ4v) is 9.51. The van der Waals surface area contributed by atoms with Crippen molar-refractivity contribution in [3.8, 4) is 0 Å². The molecule has 3 saturated carbocycles. The van der Waals surface area contributed by atoms with Gasteiger partial charge in [0, 0.05) is 6.42 Å². The zero-order valence-corrected chi connectivity index (χ0v) is 20.6. The van der Waals surface area contributed by atoms with Gasteiger partial charge in [0.1, 0.15) is 6.10 Å². The Balaban J connectivity index is 1.28. The lowest BCUT2D eigenvalue weighted by molar-refractivity contribution is -0.155. The average molecular weight is 469 g/mol. The lowest BCUT2D eigenvalue weighted by Crippen LogP contribution is -2.62. The summed E-state index contributed by atoms with van der Waals surface area (Å²) in [5.74, 6) is 1.36. The Labute approximate surface area is 201 Å². The third kappa shape index (κ3) is 2.57. The van der Waals surface area contributed by atoms with Crippen molar-refractivity contribution in [3.63, 3.8) is 0 Å². The molecule has 4 aliphatic carbocycles. The maximum absolute atomic E-state index is 13.3.